The Morgan fingerprint density at radius 3 is 2.56 bits per heavy atom. The zero-order valence-corrected chi connectivity index (χ0v) is 12.1. The van der Waals surface area contributed by atoms with Crippen molar-refractivity contribution in [2.45, 2.75) is 4.21 Å². The van der Waals surface area contributed by atoms with Gasteiger partial charge < -0.3 is 4.74 Å². The summed E-state index contributed by atoms with van der Waals surface area (Å²) in [6, 6.07) is 1.54. The Bertz CT molecular complexity index is 462. The lowest BCUT2D eigenvalue weighted by Gasteiger charge is -2.25. The fourth-order valence-electron chi connectivity index (χ4n) is 1.37. The Labute approximate surface area is 111 Å². The van der Waals surface area contributed by atoms with Gasteiger partial charge in [-0.1, -0.05) is 11.6 Å². The van der Waals surface area contributed by atoms with E-state index in [9.17, 15) is 8.42 Å². The van der Waals surface area contributed by atoms with Crippen molar-refractivity contribution in [3.05, 3.63) is 14.9 Å². The minimum atomic E-state index is -3.41. The molecule has 0 spiro atoms. The van der Waals surface area contributed by atoms with E-state index in [-0.39, 0.29) is 4.21 Å². The van der Waals surface area contributed by atoms with Gasteiger partial charge in [0.05, 0.1) is 13.2 Å². The van der Waals surface area contributed by atoms with E-state index in [1.807, 2.05) is 0 Å². The van der Waals surface area contributed by atoms with Crippen molar-refractivity contribution in [1.82, 2.24) is 4.31 Å². The molecule has 1 aromatic rings. The van der Waals surface area contributed by atoms with Crippen LogP contribution in [0.1, 0.15) is 0 Å². The predicted molar refractivity (Wildman–Crippen MR) is 66.6 cm³/mol. The van der Waals surface area contributed by atoms with E-state index in [1.54, 1.807) is 0 Å². The Morgan fingerprint density at radius 1 is 1.44 bits per heavy atom. The first-order valence-electron chi connectivity index (χ1n) is 4.54. The van der Waals surface area contributed by atoms with Gasteiger partial charge in [-0.25, -0.2) is 8.42 Å². The molecule has 1 aliphatic heterocycles. The molecule has 8 heteroatoms. The molecule has 0 aliphatic carbocycles. The molecule has 0 N–H and O–H groups in total. The van der Waals surface area contributed by atoms with Crippen molar-refractivity contribution < 1.29 is 13.2 Å². The molecule has 1 fully saturated rings. The summed E-state index contributed by atoms with van der Waals surface area (Å²) < 4.78 is 32.2. The minimum absolute atomic E-state index is 0.270. The lowest BCUT2D eigenvalue weighted by Crippen LogP contribution is -2.40. The van der Waals surface area contributed by atoms with Crippen LogP contribution in [0.15, 0.2) is 14.7 Å². The molecule has 0 bridgehead atoms. The highest BCUT2D eigenvalue weighted by molar-refractivity contribution is 9.10. The molecule has 2 heterocycles. The molecule has 1 aromatic heterocycles. The van der Waals surface area contributed by atoms with Crippen molar-refractivity contribution in [2.24, 2.45) is 0 Å². The van der Waals surface area contributed by atoms with Crippen LogP contribution >= 0.6 is 38.9 Å². The summed E-state index contributed by atoms with van der Waals surface area (Å²) in [5.41, 5.74) is 0. The molecule has 0 saturated carbocycles. The SMILES string of the molecule is O=S(=O)(c1cc(Br)c(Cl)s1)N1CCOCC1. The molecule has 90 valence electrons. The summed E-state index contributed by atoms with van der Waals surface area (Å²) in [7, 11) is -3.41. The Hall–Kier alpha value is 0.340. The van der Waals surface area contributed by atoms with E-state index in [0.717, 1.165) is 11.3 Å². The average Bonchev–Trinajstić information content (AvgIpc) is 2.61. The molecule has 1 saturated heterocycles. The Balaban J connectivity index is 2.30. The quantitative estimate of drug-likeness (QED) is 0.824. The van der Waals surface area contributed by atoms with E-state index in [2.05, 4.69) is 15.9 Å². The van der Waals surface area contributed by atoms with Crippen molar-refractivity contribution in [1.29, 1.82) is 0 Å². The van der Waals surface area contributed by atoms with Crippen LogP contribution in [0.2, 0.25) is 4.34 Å². The van der Waals surface area contributed by atoms with E-state index >= 15 is 0 Å². The van der Waals surface area contributed by atoms with Gasteiger partial charge in [-0.15, -0.1) is 11.3 Å². The van der Waals surface area contributed by atoms with Crippen molar-refractivity contribution in [2.75, 3.05) is 26.3 Å². The lowest BCUT2D eigenvalue weighted by atomic mass is 10.5. The fourth-order valence-corrected chi connectivity index (χ4v) is 5.23. The third-order valence-corrected chi connectivity index (χ3v) is 7.01. The number of hydrogen-bond donors (Lipinski definition) is 0. The topological polar surface area (TPSA) is 46.6 Å². The molecule has 0 atom stereocenters. The monoisotopic (exact) mass is 345 g/mol. The number of morpholine rings is 1. The predicted octanol–water partition coefficient (Wildman–Crippen LogP) is 2.18. The smallest absolute Gasteiger partial charge is 0.252 e. The van der Waals surface area contributed by atoms with Gasteiger partial charge in [-0.3, -0.25) is 0 Å². The van der Waals surface area contributed by atoms with Crippen LogP contribution in [-0.4, -0.2) is 39.0 Å². The number of thiophene rings is 1. The van der Waals surface area contributed by atoms with Crippen LogP contribution in [0.5, 0.6) is 0 Å². The molecule has 0 radical (unpaired) electrons. The fraction of sp³-hybridized carbons (Fsp3) is 0.500. The molecule has 0 unspecified atom stereocenters. The Morgan fingerprint density at radius 2 is 2.06 bits per heavy atom. The third-order valence-electron chi connectivity index (χ3n) is 2.19. The molecule has 0 amide bonds. The minimum Gasteiger partial charge on any atom is -0.379 e. The van der Waals surface area contributed by atoms with Crippen LogP contribution in [0, 0.1) is 0 Å². The van der Waals surface area contributed by atoms with Crippen LogP contribution in [0.4, 0.5) is 0 Å². The summed E-state index contributed by atoms with van der Waals surface area (Å²) in [6.07, 6.45) is 0. The van der Waals surface area contributed by atoms with Crippen LogP contribution in [-0.2, 0) is 14.8 Å². The van der Waals surface area contributed by atoms with Crippen molar-refractivity contribution in [3.8, 4) is 0 Å². The standard InChI is InChI=1S/C8H9BrClNO3S2/c9-6-5-7(15-8(6)10)16(12,13)11-1-3-14-4-2-11/h5H,1-4H2. The van der Waals surface area contributed by atoms with E-state index in [4.69, 9.17) is 16.3 Å². The molecular weight excluding hydrogens is 338 g/mol. The second kappa shape index (κ2) is 4.91. The number of halogens is 2. The highest BCUT2D eigenvalue weighted by Gasteiger charge is 2.28. The number of hydrogen-bond acceptors (Lipinski definition) is 4. The summed E-state index contributed by atoms with van der Waals surface area (Å²) in [4.78, 5) is 0. The Kier molecular flexibility index (Phi) is 3.93. The summed E-state index contributed by atoms with van der Waals surface area (Å²) in [5, 5.41) is 0. The second-order valence-electron chi connectivity index (χ2n) is 3.20. The molecule has 4 nitrogen and oxygen atoms in total. The average molecular weight is 347 g/mol. The maximum atomic E-state index is 12.2. The summed E-state index contributed by atoms with van der Waals surface area (Å²) in [5.74, 6) is 0. The van der Waals surface area contributed by atoms with Gasteiger partial charge in [0, 0.05) is 17.6 Å². The highest BCUT2D eigenvalue weighted by atomic mass is 79.9. The first kappa shape index (κ1) is 12.8. The molecular formula is C8H9BrClNO3S2. The first-order chi connectivity index (χ1) is 7.51. The zero-order chi connectivity index (χ0) is 11.8. The molecule has 16 heavy (non-hydrogen) atoms. The number of rotatable bonds is 2. The third kappa shape index (κ3) is 2.44. The van der Waals surface area contributed by atoms with Gasteiger partial charge in [0.15, 0.2) is 0 Å². The lowest BCUT2D eigenvalue weighted by molar-refractivity contribution is 0.0731. The normalized spacial score (nSPS) is 18.9. The summed E-state index contributed by atoms with van der Waals surface area (Å²) in [6.45, 7) is 1.68. The first-order valence-corrected chi connectivity index (χ1v) is 7.97. The van der Waals surface area contributed by atoms with E-state index in [0.29, 0.717) is 35.1 Å². The second-order valence-corrected chi connectivity index (χ2v) is 7.88. The van der Waals surface area contributed by atoms with Crippen LogP contribution in [0.3, 0.4) is 0 Å². The van der Waals surface area contributed by atoms with Crippen LogP contribution < -0.4 is 0 Å². The highest BCUT2D eigenvalue weighted by Crippen LogP contribution is 2.35. The van der Waals surface area contributed by atoms with Gasteiger partial charge in [0.2, 0.25) is 0 Å². The van der Waals surface area contributed by atoms with Crippen molar-refractivity contribution >= 4 is 48.9 Å². The maximum absolute atomic E-state index is 12.2. The molecule has 1 aliphatic rings. The van der Waals surface area contributed by atoms with Gasteiger partial charge in [-0.2, -0.15) is 4.31 Å². The number of ether oxygens (including phenoxy) is 1. The van der Waals surface area contributed by atoms with Gasteiger partial charge in [-0.05, 0) is 22.0 Å². The summed E-state index contributed by atoms with van der Waals surface area (Å²) >= 11 is 10.1. The van der Waals surface area contributed by atoms with Crippen LogP contribution in [0.25, 0.3) is 0 Å². The van der Waals surface area contributed by atoms with Crippen molar-refractivity contribution in [3.63, 3.8) is 0 Å². The molecule has 0 aromatic carbocycles. The number of nitrogens with zero attached hydrogens (tertiary/aromatic N) is 1. The van der Waals surface area contributed by atoms with Gasteiger partial charge in [0.1, 0.15) is 8.55 Å². The van der Waals surface area contributed by atoms with Gasteiger partial charge >= 0.3 is 0 Å². The van der Waals surface area contributed by atoms with E-state index in [1.165, 1.54) is 10.4 Å². The zero-order valence-electron chi connectivity index (χ0n) is 8.15. The van der Waals surface area contributed by atoms with E-state index < -0.39 is 10.0 Å². The number of sulfonamides is 1. The largest absolute Gasteiger partial charge is 0.379 e. The maximum Gasteiger partial charge on any atom is 0.252 e. The molecule has 2 rings (SSSR count). The van der Waals surface area contributed by atoms with Gasteiger partial charge in [0.25, 0.3) is 10.0 Å².